The van der Waals surface area contributed by atoms with Crippen LogP contribution in [0.15, 0.2) is 17.1 Å². The summed E-state index contributed by atoms with van der Waals surface area (Å²) in [5.41, 5.74) is 2.76. The van der Waals surface area contributed by atoms with Crippen LogP contribution in [0.3, 0.4) is 0 Å². The number of hydrogen-bond donors (Lipinski definition) is 2. The van der Waals surface area contributed by atoms with Crippen molar-refractivity contribution >= 4 is 17.0 Å². The van der Waals surface area contributed by atoms with E-state index in [4.69, 9.17) is 0 Å². The zero-order chi connectivity index (χ0) is 14.7. The zero-order valence-electron chi connectivity index (χ0n) is 11.9. The minimum atomic E-state index is -0.161. The average molecular weight is 297 g/mol. The number of fused-ring (bicyclic) bond motifs is 2. The molecule has 3 aromatic heterocycles. The fourth-order valence-corrected chi connectivity index (χ4v) is 3.03. The van der Waals surface area contributed by atoms with Crippen molar-refractivity contribution in [3.63, 3.8) is 0 Å². The number of aromatic nitrogens is 6. The van der Waals surface area contributed by atoms with Crippen molar-refractivity contribution in [2.75, 3.05) is 11.4 Å². The lowest BCUT2D eigenvalue weighted by Gasteiger charge is -2.27. The molecule has 1 saturated carbocycles. The van der Waals surface area contributed by atoms with E-state index in [1.807, 2.05) is 0 Å². The summed E-state index contributed by atoms with van der Waals surface area (Å²) < 4.78 is 2.08. The maximum atomic E-state index is 12.1. The number of nitrogens with zero attached hydrogens (tertiary/aromatic N) is 5. The number of anilines is 1. The van der Waals surface area contributed by atoms with Crippen LogP contribution in [0.25, 0.3) is 11.0 Å². The van der Waals surface area contributed by atoms with Gasteiger partial charge in [-0.05, 0) is 18.9 Å². The molecule has 3 aromatic rings. The smallest absolute Gasteiger partial charge is 0.263 e. The zero-order valence-corrected chi connectivity index (χ0v) is 11.9. The van der Waals surface area contributed by atoms with Crippen LogP contribution in [-0.4, -0.2) is 36.5 Å². The molecule has 0 bridgehead atoms. The summed E-state index contributed by atoms with van der Waals surface area (Å²) in [6, 6.07) is 2.19. The Bertz CT molecular complexity index is 917. The standard InChI is InChI=1S/C14H15N7O/c22-13-10-6-15-18-12(10)16-14(17-13)20-3-4-21-9(7-20)5-11(19-21)8-1-2-8/h5-6,8H,1-4,7H2,(H2,15,16,17,18,22). The van der Waals surface area contributed by atoms with E-state index in [2.05, 4.69) is 40.9 Å². The van der Waals surface area contributed by atoms with Gasteiger partial charge < -0.3 is 4.90 Å². The Morgan fingerprint density at radius 2 is 2.18 bits per heavy atom. The van der Waals surface area contributed by atoms with E-state index in [1.54, 1.807) is 0 Å². The van der Waals surface area contributed by atoms with E-state index in [9.17, 15) is 4.79 Å². The lowest BCUT2D eigenvalue weighted by atomic mass is 10.2. The highest BCUT2D eigenvalue weighted by atomic mass is 16.1. The molecule has 112 valence electrons. The number of H-pyrrole nitrogens is 2. The van der Waals surface area contributed by atoms with Gasteiger partial charge in [0, 0.05) is 12.5 Å². The summed E-state index contributed by atoms with van der Waals surface area (Å²) in [7, 11) is 0. The molecule has 0 spiro atoms. The van der Waals surface area contributed by atoms with Crippen LogP contribution in [0.5, 0.6) is 0 Å². The van der Waals surface area contributed by atoms with Crippen LogP contribution in [0, 0.1) is 0 Å². The van der Waals surface area contributed by atoms with Crippen molar-refractivity contribution in [2.45, 2.75) is 31.8 Å². The topological polar surface area (TPSA) is 95.5 Å². The predicted octanol–water partition coefficient (Wildman–Crippen LogP) is 0.740. The molecule has 1 aliphatic heterocycles. The highest BCUT2D eigenvalue weighted by Gasteiger charge is 2.29. The summed E-state index contributed by atoms with van der Waals surface area (Å²) in [6.07, 6.45) is 4.01. The van der Waals surface area contributed by atoms with Crippen molar-refractivity contribution in [1.82, 2.24) is 29.9 Å². The third-order valence-electron chi connectivity index (χ3n) is 4.42. The van der Waals surface area contributed by atoms with E-state index in [0.717, 1.165) is 13.1 Å². The predicted molar refractivity (Wildman–Crippen MR) is 79.8 cm³/mol. The van der Waals surface area contributed by atoms with Crippen LogP contribution < -0.4 is 10.5 Å². The van der Waals surface area contributed by atoms with Crippen LogP contribution in [0.4, 0.5) is 5.95 Å². The summed E-state index contributed by atoms with van der Waals surface area (Å²) in [6.45, 7) is 2.30. The summed E-state index contributed by atoms with van der Waals surface area (Å²) in [5.74, 6) is 1.24. The Balaban J connectivity index is 1.50. The Labute approximate surface area is 125 Å². The first-order valence-corrected chi connectivity index (χ1v) is 7.53. The van der Waals surface area contributed by atoms with Gasteiger partial charge in [0.15, 0.2) is 5.65 Å². The average Bonchev–Trinajstić information content (AvgIpc) is 3.10. The first-order chi connectivity index (χ1) is 10.8. The molecule has 8 heteroatoms. The highest BCUT2D eigenvalue weighted by Crippen LogP contribution is 2.39. The third kappa shape index (κ3) is 1.76. The largest absolute Gasteiger partial charge is 0.335 e. The lowest BCUT2D eigenvalue weighted by Crippen LogP contribution is -2.35. The van der Waals surface area contributed by atoms with Gasteiger partial charge in [0.2, 0.25) is 5.95 Å². The second-order valence-electron chi connectivity index (χ2n) is 6.00. The number of aromatic amines is 2. The minimum absolute atomic E-state index is 0.161. The molecule has 4 heterocycles. The maximum Gasteiger partial charge on any atom is 0.263 e. The van der Waals surface area contributed by atoms with Gasteiger partial charge in [-0.15, -0.1) is 0 Å². The van der Waals surface area contributed by atoms with Gasteiger partial charge in [-0.25, -0.2) is 0 Å². The van der Waals surface area contributed by atoms with Gasteiger partial charge in [0.25, 0.3) is 5.56 Å². The van der Waals surface area contributed by atoms with Gasteiger partial charge in [0.1, 0.15) is 5.39 Å². The van der Waals surface area contributed by atoms with Gasteiger partial charge in [0.05, 0.1) is 30.7 Å². The Hall–Kier alpha value is -2.64. The van der Waals surface area contributed by atoms with Crippen molar-refractivity contribution in [3.8, 4) is 0 Å². The maximum absolute atomic E-state index is 12.1. The molecule has 0 saturated heterocycles. The van der Waals surface area contributed by atoms with Crippen LogP contribution in [0.1, 0.15) is 30.1 Å². The molecule has 0 amide bonds. The Morgan fingerprint density at radius 3 is 3.05 bits per heavy atom. The van der Waals surface area contributed by atoms with Crippen LogP contribution >= 0.6 is 0 Å². The van der Waals surface area contributed by atoms with Gasteiger partial charge in [-0.3, -0.25) is 19.6 Å². The molecule has 2 aliphatic rings. The number of hydrogen-bond acceptors (Lipinski definition) is 5. The molecule has 2 N–H and O–H groups in total. The van der Waals surface area contributed by atoms with E-state index in [0.29, 0.717) is 29.4 Å². The molecule has 0 unspecified atom stereocenters. The second-order valence-corrected chi connectivity index (χ2v) is 6.00. The van der Waals surface area contributed by atoms with Crippen LogP contribution in [0.2, 0.25) is 0 Å². The van der Waals surface area contributed by atoms with E-state index < -0.39 is 0 Å². The van der Waals surface area contributed by atoms with Gasteiger partial charge in [-0.1, -0.05) is 0 Å². The normalized spacial score (nSPS) is 17.9. The molecular formula is C14H15N7O. The molecule has 1 aliphatic carbocycles. The summed E-state index contributed by atoms with van der Waals surface area (Å²) >= 11 is 0. The minimum Gasteiger partial charge on any atom is -0.335 e. The monoisotopic (exact) mass is 297 g/mol. The van der Waals surface area contributed by atoms with Crippen molar-refractivity contribution in [3.05, 3.63) is 34.0 Å². The number of nitrogens with one attached hydrogen (secondary N) is 2. The SMILES string of the molecule is O=c1[nH]c(N2CCn3nc(C4CC4)cc3C2)nc2[nH]ncc12. The molecule has 1 fully saturated rings. The first-order valence-electron chi connectivity index (χ1n) is 7.53. The molecule has 22 heavy (non-hydrogen) atoms. The van der Waals surface area contributed by atoms with Gasteiger partial charge >= 0.3 is 0 Å². The molecular weight excluding hydrogens is 282 g/mol. The molecule has 0 aromatic carbocycles. The summed E-state index contributed by atoms with van der Waals surface area (Å²) in [5, 5.41) is 11.8. The van der Waals surface area contributed by atoms with E-state index >= 15 is 0 Å². The number of rotatable bonds is 2. The van der Waals surface area contributed by atoms with Gasteiger partial charge in [-0.2, -0.15) is 15.2 Å². The highest BCUT2D eigenvalue weighted by molar-refractivity contribution is 5.73. The lowest BCUT2D eigenvalue weighted by molar-refractivity contribution is 0.510. The Kier molecular flexibility index (Phi) is 2.28. The van der Waals surface area contributed by atoms with E-state index in [1.165, 1.54) is 30.4 Å². The third-order valence-corrected chi connectivity index (χ3v) is 4.42. The fourth-order valence-electron chi connectivity index (χ4n) is 3.03. The fraction of sp³-hybridized carbons (Fsp3) is 0.429. The molecule has 0 atom stereocenters. The summed E-state index contributed by atoms with van der Waals surface area (Å²) in [4.78, 5) is 21.4. The molecule has 5 rings (SSSR count). The van der Waals surface area contributed by atoms with Crippen molar-refractivity contribution < 1.29 is 0 Å². The quantitative estimate of drug-likeness (QED) is 0.727. The van der Waals surface area contributed by atoms with Crippen molar-refractivity contribution in [1.29, 1.82) is 0 Å². The second kappa shape index (κ2) is 4.19. The van der Waals surface area contributed by atoms with Crippen molar-refractivity contribution in [2.24, 2.45) is 0 Å². The Morgan fingerprint density at radius 1 is 1.27 bits per heavy atom. The molecule has 8 nitrogen and oxygen atoms in total. The van der Waals surface area contributed by atoms with E-state index in [-0.39, 0.29) is 5.56 Å². The van der Waals surface area contributed by atoms with Crippen LogP contribution in [-0.2, 0) is 13.1 Å². The first kappa shape index (κ1) is 12.0. The molecule has 0 radical (unpaired) electrons.